The Morgan fingerprint density at radius 3 is 2.39 bits per heavy atom. The van der Waals surface area contributed by atoms with Gasteiger partial charge in [-0.15, -0.1) is 0 Å². The molecule has 3 aromatic rings. The van der Waals surface area contributed by atoms with Gasteiger partial charge in [0, 0.05) is 63.4 Å². The Morgan fingerprint density at radius 2 is 1.64 bits per heavy atom. The summed E-state index contributed by atoms with van der Waals surface area (Å²) in [7, 11) is 0. The van der Waals surface area contributed by atoms with E-state index in [9.17, 15) is 0 Å². The molecule has 1 N–H and O–H groups in total. The van der Waals surface area contributed by atoms with Gasteiger partial charge in [0.05, 0.1) is 0 Å². The minimum absolute atomic E-state index is 0.679. The Kier molecular flexibility index (Phi) is 5.77. The van der Waals surface area contributed by atoms with Crippen LogP contribution in [0, 0.1) is 6.92 Å². The maximum Gasteiger partial charge on any atom is 0.225 e. The minimum Gasteiger partial charge on any atom is -0.354 e. The Bertz CT molecular complexity index is 876. The third kappa shape index (κ3) is 4.84. The second-order valence-electron chi connectivity index (χ2n) is 7.15. The molecule has 0 bridgehead atoms. The number of nitrogens with zero attached hydrogens (tertiary/aromatic N) is 5. The smallest absolute Gasteiger partial charge is 0.225 e. The topological polar surface area (TPSA) is 57.2 Å². The van der Waals surface area contributed by atoms with Gasteiger partial charge in [0.2, 0.25) is 5.95 Å². The summed E-state index contributed by atoms with van der Waals surface area (Å²) in [4.78, 5) is 18.2. The molecule has 0 unspecified atom stereocenters. The van der Waals surface area contributed by atoms with Gasteiger partial charge in [-0.2, -0.15) is 4.98 Å². The Morgan fingerprint density at radius 1 is 0.893 bits per heavy atom. The first-order valence-corrected chi connectivity index (χ1v) is 9.76. The van der Waals surface area contributed by atoms with Crippen LogP contribution in [0.1, 0.15) is 16.8 Å². The van der Waals surface area contributed by atoms with E-state index in [1.54, 1.807) is 12.4 Å². The van der Waals surface area contributed by atoms with Crippen molar-refractivity contribution in [3.63, 3.8) is 0 Å². The second-order valence-corrected chi connectivity index (χ2v) is 7.15. The van der Waals surface area contributed by atoms with Gasteiger partial charge in [-0.25, -0.2) is 4.98 Å². The highest BCUT2D eigenvalue weighted by atomic mass is 15.3. The average molecular weight is 374 g/mol. The predicted molar refractivity (Wildman–Crippen MR) is 112 cm³/mol. The van der Waals surface area contributed by atoms with Crippen molar-refractivity contribution in [2.24, 2.45) is 0 Å². The molecule has 0 aliphatic carbocycles. The predicted octanol–water partition coefficient (Wildman–Crippen LogP) is 3.11. The van der Waals surface area contributed by atoms with Crippen LogP contribution in [-0.2, 0) is 13.1 Å². The lowest BCUT2D eigenvalue weighted by Gasteiger charge is -2.35. The Balaban J connectivity index is 1.36. The lowest BCUT2D eigenvalue weighted by molar-refractivity contribution is 0.249. The van der Waals surface area contributed by atoms with E-state index in [0.717, 1.165) is 49.8 Å². The molecule has 0 spiro atoms. The first-order chi connectivity index (χ1) is 13.8. The maximum atomic E-state index is 4.75. The molecule has 2 aromatic heterocycles. The quantitative estimate of drug-likeness (QED) is 0.715. The van der Waals surface area contributed by atoms with E-state index in [1.165, 1.54) is 5.56 Å². The summed E-state index contributed by atoms with van der Waals surface area (Å²) < 4.78 is 0. The Hall–Kier alpha value is -2.99. The van der Waals surface area contributed by atoms with Gasteiger partial charge >= 0.3 is 0 Å². The van der Waals surface area contributed by atoms with Gasteiger partial charge in [-0.1, -0.05) is 30.3 Å². The van der Waals surface area contributed by atoms with Gasteiger partial charge in [-0.05, 0) is 30.2 Å². The van der Waals surface area contributed by atoms with Crippen molar-refractivity contribution in [3.05, 3.63) is 77.7 Å². The molecule has 1 saturated heterocycles. The maximum absolute atomic E-state index is 4.75. The number of rotatable bonds is 6. The zero-order valence-electron chi connectivity index (χ0n) is 16.3. The molecular formula is C22H26N6. The summed E-state index contributed by atoms with van der Waals surface area (Å²) in [6.07, 6.45) is 3.60. The van der Waals surface area contributed by atoms with E-state index in [0.29, 0.717) is 12.5 Å². The van der Waals surface area contributed by atoms with Crippen molar-refractivity contribution in [3.8, 4) is 0 Å². The van der Waals surface area contributed by atoms with Crippen molar-refractivity contribution >= 4 is 11.8 Å². The highest BCUT2D eigenvalue weighted by molar-refractivity contribution is 5.45. The Labute approximate surface area is 166 Å². The molecular weight excluding hydrogens is 348 g/mol. The van der Waals surface area contributed by atoms with E-state index >= 15 is 0 Å². The van der Waals surface area contributed by atoms with Crippen molar-refractivity contribution in [1.29, 1.82) is 0 Å². The van der Waals surface area contributed by atoms with Crippen LogP contribution in [0.3, 0.4) is 0 Å². The lowest BCUT2D eigenvalue weighted by atomic mass is 10.2. The third-order valence-corrected chi connectivity index (χ3v) is 4.99. The number of hydrogen-bond donors (Lipinski definition) is 1. The fourth-order valence-electron chi connectivity index (χ4n) is 3.45. The van der Waals surface area contributed by atoms with E-state index in [4.69, 9.17) is 4.98 Å². The monoisotopic (exact) mass is 374 g/mol. The van der Waals surface area contributed by atoms with Crippen molar-refractivity contribution in [2.45, 2.75) is 20.0 Å². The van der Waals surface area contributed by atoms with Gasteiger partial charge in [0.25, 0.3) is 0 Å². The summed E-state index contributed by atoms with van der Waals surface area (Å²) in [6, 6.07) is 16.7. The van der Waals surface area contributed by atoms with Gasteiger partial charge in [0.15, 0.2) is 0 Å². The fraction of sp³-hybridized carbons (Fsp3) is 0.318. The first kappa shape index (κ1) is 18.4. The molecule has 4 rings (SSSR count). The molecule has 6 nitrogen and oxygen atoms in total. The number of aromatic nitrogens is 3. The van der Waals surface area contributed by atoms with Crippen LogP contribution in [0.4, 0.5) is 11.8 Å². The van der Waals surface area contributed by atoms with Gasteiger partial charge < -0.3 is 10.2 Å². The first-order valence-electron chi connectivity index (χ1n) is 9.76. The number of benzene rings is 1. The number of anilines is 2. The van der Waals surface area contributed by atoms with E-state index in [-0.39, 0.29) is 0 Å². The van der Waals surface area contributed by atoms with Crippen LogP contribution in [0.5, 0.6) is 0 Å². The van der Waals surface area contributed by atoms with E-state index in [1.807, 2.05) is 19.1 Å². The normalized spacial score (nSPS) is 14.8. The number of piperazine rings is 1. The summed E-state index contributed by atoms with van der Waals surface area (Å²) in [5.74, 6) is 1.68. The number of nitrogens with one attached hydrogen (secondary N) is 1. The SMILES string of the molecule is Cc1cc(N2CCN(Cc3ccccc3)CC2)nc(NCc2ccncc2)n1. The molecule has 0 radical (unpaired) electrons. The largest absolute Gasteiger partial charge is 0.354 e. The molecule has 1 aromatic carbocycles. The molecule has 144 valence electrons. The van der Waals surface area contributed by atoms with Gasteiger partial charge in [0.1, 0.15) is 5.82 Å². The molecule has 1 aliphatic rings. The zero-order chi connectivity index (χ0) is 19.2. The lowest BCUT2D eigenvalue weighted by Crippen LogP contribution is -2.46. The average Bonchev–Trinajstić information content (AvgIpc) is 2.74. The summed E-state index contributed by atoms with van der Waals surface area (Å²) in [5, 5.41) is 3.34. The molecule has 0 atom stereocenters. The van der Waals surface area contributed by atoms with Crippen LogP contribution in [0.25, 0.3) is 0 Å². The highest BCUT2D eigenvalue weighted by Crippen LogP contribution is 2.18. The minimum atomic E-state index is 0.679. The van der Waals surface area contributed by atoms with Crippen LogP contribution in [-0.4, -0.2) is 46.0 Å². The molecule has 0 amide bonds. The van der Waals surface area contributed by atoms with Gasteiger partial charge in [-0.3, -0.25) is 9.88 Å². The number of pyridine rings is 1. The standard InChI is InChI=1S/C22H26N6/c1-18-15-21(26-22(25-18)24-16-19-7-9-23-10-8-19)28-13-11-27(12-14-28)17-20-5-3-2-4-6-20/h2-10,15H,11-14,16-17H2,1H3,(H,24,25,26). The summed E-state index contributed by atoms with van der Waals surface area (Å²) in [5.41, 5.74) is 3.52. The van der Waals surface area contributed by atoms with Crippen molar-refractivity contribution < 1.29 is 0 Å². The summed E-state index contributed by atoms with van der Waals surface area (Å²) in [6.45, 7) is 7.76. The second kappa shape index (κ2) is 8.80. The molecule has 6 heteroatoms. The molecule has 3 heterocycles. The fourth-order valence-corrected chi connectivity index (χ4v) is 3.45. The van der Waals surface area contributed by atoms with Crippen molar-refractivity contribution in [1.82, 2.24) is 19.9 Å². The van der Waals surface area contributed by atoms with Crippen molar-refractivity contribution in [2.75, 3.05) is 36.4 Å². The number of hydrogen-bond acceptors (Lipinski definition) is 6. The van der Waals surface area contributed by atoms with Crippen LogP contribution < -0.4 is 10.2 Å². The van der Waals surface area contributed by atoms with Crippen LogP contribution in [0.15, 0.2) is 60.9 Å². The molecule has 1 aliphatic heterocycles. The van der Waals surface area contributed by atoms with E-state index in [2.05, 4.69) is 61.5 Å². The molecule has 0 saturated carbocycles. The molecule has 1 fully saturated rings. The summed E-state index contributed by atoms with van der Waals surface area (Å²) >= 11 is 0. The zero-order valence-corrected chi connectivity index (χ0v) is 16.3. The number of aryl methyl sites for hydroxylation is 1. The van der Waals surface area contributed by atoms with Crippen LogP contribution in [0.2, 0.25) is 0 Å². The highest BCUT2D eigenvalue weighted by Gasteiger charge is 2.19. The third-order valence-electron chi connectivity index (χ3n) is 4.99. The molecule has 28 heavy (non-hydrogen) atoms. The van der Waals surface area contributed by atoms with Crippen LogP contribution >= 0.6 is 0 Å². The van der Waals surface area contributed by atoms with E-state index < -0.39 is 0 Å².